The van der Waals surface area contributed by atoms with Crippen molar-refractivity contribution in [2.45, 2.75) is 6.42 Å². The van der Waals surface area contributed by atoms with Crippen LogP contribution in [0.3, 0.4) is 0 Å². The number of ether oxygens (including phenoxy) is 1. The molecule has 0 aromatic heterocycles. The zero-order valence-electron chi connectivity index (χ0n) is 10.4. The number of amidine groups is 1. The molecule has 3 N–H and O–H groups in total. The van der Waals surface area contributed by atoms with E-state index >= 15 is 0 Å². The van der Waals surface area contributed by atoms with E-state index in [4.69, 9.17) is 27.5 Å². The summed E-state index contributed by atoms with van der Waals surface area (Å²) in [5.41, 5.74) is 7.18. The molecule has 3 nitrogen and oxygen atoms in total. The number of rotatable bonds is 5. The first-order valence-corrected chi connectivity index (χ1v) is 6.36. The molecule has 98 valence electrons. The van der Waals surface area contributed by atoms with Crippen LogP contribution < -0.4 is 10.5 Å². The molecule has 0 bridgehead atoms. The second-order valence-electron chi connectivity index (χ2n) is 4.11. The quantitative estimate of drug-likeness (QED) is 0.649. The highest BCUT2D eigenvalue weighted by atomic mass is 35.5. The highest BCUT2D eigenvalue weighted by Crippen LogP contribution is 2.25. The molecule has 0 saturated carbocycles. The molecule has 0 aliphatic rings. The van der Waals surface area contributed by atoms with Crippen LogP contribution in [0.1, 0.15) is 11.1 Å². The molecule has 4 heteroatoms. The number of hydrogen-bond donors (Lipinski definition) is 2. The second-order valence-corrected chi connectivity index (χ2v) is 4.52. The third kappa shape index (κ3) is 3.48. The van der Waals surface area contributed by atoms with Crippen LogP contribution >= 0.6 is 11.6 Å². The van der Waals surface area contributed by atoms with Gasteiger partial charge in [0.15, 0.2) is 0 Å². The minimum atomic E-state index is -0.0830. The van der Waals surface area contributed by atoms with Crippen LogP contribution in [0.25, 0.3) is 0 Å². The summed E-state index contributed by atoms with van der Waals surface area (Å²) < 4.78 is 5.68. The van der Waals surface area contributed by atoms with E-state index in [1.807, 2.05) is 30.3 Å². The highest BCUT2D eigenvalue weighted by molar-refractivity contribution is 6.34. The van der Waals surface area contributed by atoms with E-state index in [2.05, 4.69) is 0 Å². The van der Waals surface area contributed by atoms with Gasteiger partial charge in [-0.15, -0.1) is 0 Å². The minimum absolute atomic E-state index is 0.0830. The molecule has 2 aromatic carbocycles. The Labute approximate surface area is 117 Å². The molecule has 2 rings (SSSR count). The van der Waals surface area contributed by atoms with Crippen LogP contribution in [-0.4, -0.2) is 12.4 Å². The lowest BCUT2D eigenvalue weighted by Crippen LogP contribution is -2.14. The van der Waals surface area contributed by atoms with Gasteiger partial charge in [0.2, 0.25) is 0 Å². The van der Waals surface area contributed by atoms with Crippen molar-refractivity contribution in [2.24, 2.45) is 5.73 Å². The van der Waals surface area contributed by atoms with Crippen molar-refractivity contribution in [2.75, 3.05) is 6.61 Å². The van der Waals surface area contributed by atoms with Crippen molar-refractivity contribution in [3.8, 4) is 5.75 Å². The fourth-order valence-corrected chi connectivity index (χ4v) is 2.08. The zero-order chi connectivity index (χ0) is 13.7. The molecule has 0 amide bonds. The first-order valence-electron chi connectivity index (χ1n) is 5.98. The molecule has 0 aliphatic heterocycles. The van der Waals surface area contributed by atoms with Crippen molar-refractivity contribution in [3.63, 3.8) is 0 Å². The SMILES string of the molecule is N=C(N)c1c(Cl)cccc1OCCc1ccccc1. The van der Waals surface area contributed by atoms with Crippen LogP contribution in [0.2, 0.25) is 5.02 Å². The monoisotopic (exact) mass is 274 g/mol. The van der Waals surface area contributed by atoms with Crippen molar-refractivity contribution in [1.29, 1.82) is 5.41 Å². The molecule has 0 unspecified atom stereocenters. The third-order valence-electron chi connectivity index (χ3n) is 2.74. The zero-order valence-corrected chi connectivity index (χ0v) is 11.2. The standard InChI is InChI=1S/C15H15ClN2O/c16-12-7-4-8-13(14(12)15(17)18)19-10-9-11-5-2-1-3-6-11/h1-8H,9-10H2,(H3,17,18). The summed E-state index contributed by atoms with van der Waals surface area (Å²) >= 11 is 6.02. The van der Waals surface area contributed by atoms with E-state index < -0.39 is 0 Å². The smallest absolute Gasteiger partial charge is 0.131 e. The highest BCUT2D eigenvalue weighted by Gasteiger charge is 2.10. The Bertz CT molecular complexity index is 570. The molecule has 0 atom stereocenters. The Balaban J connectivity index is 2.04. The van der Waals surface area contributed by atoms with E-state index in [0.717, 1.165) is 6.42 Å². The van der Waals surface area contributed by atoms with Gasteiger partial charge < -0.3 is 10.5 Å². The summed E-state index contributed by atoms with van der Waals surface area (Å²) in [6.07, 6.45) is 0.796. The van der Waals surface area contributed by atoms with Gasteiger partial charge in [0.1, 0.15) is 11.6 Å². The topological polar surface area (TPSA) is 59.1 Å². The summed E-state index contributed by atoms with van der Waals surface area (Å²) in [5.74, 6) is 0.469. The van der Waals surface area contributed by atoms with Crippen LogP contribution in [0.4, 0.5) is 0 Å². The molecule has 0 radical (unpaired) electrons. The number of nitrogens with two attached hydrogens (primary N) is 1. The summed E-state index contributed by atoms with van der Waals surface area (Å²) in [6.45, 7) is 0.518. The van der Waals surface area contributed by atoms with E-state index in [1.54, 1.807) is 18.2 Å². The van der Waals surface area contributed by atoms with Gasteiger partial charge in [-0.2, -0.15) is 0 Å². The molecule has 2 aromatic rings. The van der Waals surface area contributed by atoms with Crippen molar-refractivity contribution >= 4 is 17.4 Å². The van der Waals surface area contributed by atoms with Gasteiger partial charge in [-0.3, -0.25) is 5.41 Å². The fraction of sp³-hybridized carbons (Fsp3) is 0.133. The van der Waals surface area contributed by atoms with Gasteiger partial charge in [-0.05, 0) is 17.7 Å². The average Bonchev–Trinajstić information content (AvgIpc) is 2.39. The summed E-state index contributed by atoms with van der Waals surface area (Å²) in [4.78, 5) is 0. The number of nitrogens with one attached hydrogen (secondary N) is 1. The third-order valence-corrected chi connectivity index (χ3v) is 3.05. The summed E-state index contributed by atoms with van der Waals surface area (Å²) in [5, 5.41) is 7.96. The van der Waals surface area contributed by atoms with Crippen molar-refractivity contribution in [1.82, 2.24) is 0 Å². The predicted octanol–water partition coefficient (Wildman–Crippen LogP) is 3.25. The first-order chi connectivity index (χ1) is 9.18. The Morgan fingerprint density at radius 1 is 1.11 bits per heavy atom. The molecule has 0 spiro atoms. The second kappa shape index (κ2) is 6.25. The molecular weight excluding hydrogens is 260 g/mol. The predicted molar refractivity (Wildman–Crippen MR) is 78.1 cm³/mol. The first kappa shape index (κ1) is 13.4. The van der Waals surface area contributed by atoms with Gasteiger partial charge >= 0.3 is 0 Å². The molecule has 19 heavy (non-hydrogen) atoms. The van der Waals surface area contributed by atoms with E-state index in [9.17, 15) is 0 Å². The number of hydrogen-bond acceptors (Lipinski definition) is 2. The van der Waals surface area contributed by atoms with Gasteiger partial charge in [0.25, 0.3) is 0 Å². The van der Waals surface area contributed by atoms with Crippen LogP contribution in [0.5, 0.6) is 5.75 Å². The largest absolute Gasteiger partial charge is 0.492 e. The normalized spacial score (nSPS) is 10.2. The number of halogens is 1. The molecule has 0 aliphatic carbocycles. The molecule has 0 saturated heterocycles. The fourth-order valence-electron chi connectivity index (χ4n) is 1.81. The Morgan fingerprint density at radius 2 is 1.84 bits per heavy atom. The Kier molecular flexibility index (Phi) is 4.42. The average molecular weight is 275 g/mol. The lowest BCUT2D eigenvalue weighted by molar-refractivity contribution is 0.321. The minimum Gasteiger partial charge on any atom is -0.492 e. The van der Waals surface area contributed by atoms with Crippen molar-refractivity contribution < 1.29 is 4.74 Å². The maximum Gasteiger partial charge on any atom is 0.131 e. The van der Waals surface area contributed by atoms with Crippen LogP contribution in [0, 0.1) is 5.41 Å². The van der Waals surface area contributed by atoms with Gasteiger partial charge in [-0.1, -0.05) is 48.0 Å². The Hall–Kier alpha value is -2.00. The van der Waals surface area contributed by atoms with E-state index in [0.29, 0.717) is 22.9 Å². The number of benzene rings is 2. The molecular formula is C15H15ClN2O. The summed E-state index contributed by atoms with van der Waals surface area (Å²) in [7, 11) is 0. The van der Waals surface area contributed by atoms with Gasteiger partial charge in [0.05, 0.1) is 17.2 Å². The maximum absolute atomic E-state index is 7.53. The van der Waals surface area contributed by atoms with Crippen LogP contribution in [0.15, 0.2) is 48.5 Å². The van der Waals surface area contributed by atoms with Crippen molar-refractivity contribution in [3.05, 3.63) is 64.7 Å². The summed E-state index contributed by atoms with van der Waals surface area (Å²) in [6, 6.07) is 15.3. The van der Waals surface area contributed by atoms with E-state index in [-0.39, 0.29) is 5.84 Å². The van der Waals surface area contributed by atoms with Crippen LogP contribution in [-0.2, 0) is 6.42 Å². The molecule has 0 heterocycles. The maximum atomic E-state index is 7.53. The molecule has 0 fully saturated rings. The van der Waals surface area contributed by atoms with Gasteiger partial charge in [0, 0.05) is 6.42 Å². The van der Waals surface area contributed by atoms with Gasteiger partial charge in [-0.25, -0.2) is 0 Å². The van der Waals surface area contributed by atoms with E-state index in [1.165, 1.54) is 5.56 Å². The lowest BCUT2D eigenvalue weighted by Gasteiger charge is -2.11. The number of nitrogen functional groups attached to an aromatic ring is 1. The Morgan fingerprint density at radius 3 is 2.53 bits per heavy atom. The lowest BCUT2D eigenvalue weighted by atomic mass is 10.1.